The fraction of sp³-hybridized carbons (Fsp3) is 0.125. The molecule has 0 radical (unpaired) electrons. The van der Waals surface area contributed by atoms with Crippen LogP contribution in [0.3, 0.4) is 0 Å². The maximum atomic E-state index is 13.4. The predicted molar refractivity (Wildman–Crippen MR) is 141 cm³/mol. The number of H-pyrrole nitrogens is 1. The second-order valence-corrected chi connectivity index (χ2v) is 10.9. The fourth-order valence-corrected chi connectivity index (χ4v) is 5.61. The molecule has 36 heavy (non-hydrogen) atoms. The van der Waals surface area contributed by atoms with Gasteiger partial charge in [-0.3, -0.25) is 14.9 Å². The van der Waals surface area contributed by atoms with Gasteiger partial charge in [0.15, 0.2) is 0 Å². The molecule has 2 amide bonds. The van der Waals surface area contributed by atoms with Crippen LogP contribution in [0.15, 0.2) is 54.6 Å². The quantitative estimate of drug-likeness (QED) is 0.213. The Hall–Kier alpha value is -2.55. The highest BCUT2D eigenvalue weighted by Gasteiger charge is 2.67. The number of halogens is 6. The van der Waals surface area contributed by atoms with Crippen LogP contribution in [-0.4, -0.2) is 26.1 Å². The van der Waals surface area contributed by atoms with Crippen molar-refractivity contribution in [1.82, 2.24) is 9.97 Å². The van der Waals surface area contributed by atoms with Crippen molar-refractivity contribution in [3.63, 3.8) is 0 Å². The molecule has 1 saturated carbocycles. The van der Waals surface area contributed by atoms with Gasteiger partial charge in [0, 0.05) is 21.7 Å². The number of benzene rings is 3. The lowest BCUT2D eigenvalue weighted by molar-refractivity contribution is -0.117. The van der Waals surface area contributed by atoms with E-state index in [9.17, 15) is 14.0 Å². The standard InChI is InChI=1S/C24H14Cl5FN4O2/c25-11-5-10(6-12(26)7-11)19-20(24(19,28)29)22(36)31-14-2-3-16(27)15(9-14)21(35)34-23-32-17-4-1-13(30)8-18(17)33-23/h1-9,19-20H,(H,31,36)(H2,32,33,34,35)/t19-,20+/m1/s1. The third-order valence-corrected chi connectivity index (χ3v) is 7.44. The van der Waals surface area contributed by atoms with Gasteiger partial charge in [0.05, 0.1) is 27.5 Å². The summed E-state index contributed by atoms with van der Waals surface area (Å²) in [5.74, 6) is -2.66. The summed E-state index contributed by atoms with van der Waals surface area (Å²) in [5, 5.41) is 6.25. The van der Waals surface area contributed by atoms with Gasteiger partial charge in [0.1, 0.15) is 10.2 Å². The smallest absolute Gasteiger partial charge is 0.259 e. The number of rotatable bonds is 5. The van der Waals surface area contributed by atoms with E-state index < -0.39 is 33.8 Å². The number of alkyl halides is 2. The maximum Gasteiger partial charge on any atom is 0.259 e. The van der Waals surface area contributed by atoms with Crippen LogP contribution >= 0.6 is 58.0 Å². The molecule has 0 saturated heterocycles. The number of amides is 2. The monoisotopic (exact) mass is 584 g/mol. The Kier molecular flexibility index (Phi) is 6.55. The van der Waals surface area contributed by atoms with Crippen LogP contribution in [-0.2, 0) is 4.79 Å². The van der Waals surface area contributed by atoms with Gasteiger partial charge in [0.25, 0.3) is 5.91 Å². The SMILES string of the molecule is O=C(Nc1nc2ccc(F)cc2[nH]1)c1cc(NC(=O)[C@@H]2[C@@H](c3cc(Cl)cc(Cl)c3)C2(Cl)Cl)ccc1Cl. The Morgan fingerprint density at radius 3 is 2.39 bits per heavy atom. The summed E-state index contributed by atoms with van der Waals surface area (Å²) in [5.41, 5.74) is 1.92. The average Bonchev–Trinajstić information content (AvgIpc) is 3.16. The van der Waals surface area contributed by atoms with Crippen molar-refractivity contribution < 1.29 is 14.0 Å². The summed E-state index contributed by atoms with van der Waals surface area (Å²) >= 11 is 31.2. The van der Waals surface area contributed by atoms with Crippen LogP contribution < -0.4 is 10.6 Å². The first-order valence-corrected chi connectivity index (χ1v) is 12.3. The van der Waals surface area contributed by atoms with Crippen molar-refractivity contribution in [2.24, 2.45) is 5.92 Å². The van der Waals surface area contributed by atoms with Crippen LogP contribution in [0, 0.1) is 11.7 Å². The van der Waals surface area contributed by atoms with Crippen molar-refractivity contribution in [2.45, 2.75) is 10.3 Å². The Labute approximate surface area is 229 Å². The summed E-state index contributed by atoms with van der Waals surface area (Å²) in [6, 6.07) is 13.3. The number of fused-ring (bicyclic) bond motifs is 1. The minimum Gasteiger partial charge on any atom is -0.326 e. The molecule has 1 fully saturated rings. The highest BCUT2D eigenvalue weighted by Crippen LogP contribution is 2.65. The number of aromatic amines is 1. The first-order valence-electron chi connectivity index (χ1n) is 10.4. The molecular weight excluding hydrogens is 573 g/mol. The summed E-state index contributed by atoms with van der Waals surface area (Å²) in [6.07, 6.45) is 0. The van der Waals surface area contributed by atoms with Gasteiger partial charge in [-0.15, -0.1) is 23.2 Å². The molecule has 0 aliphatic heterocycles. The zero-order valence-electron chi connectivity index (χ0n) is 17.9. The number of aromatic nitrogens is 2. The van der Waals surface area contributed by atoms with E-state index in [-0.39, 0.29) is 16.5 Å². The zero-order valence-corrected chi connectivity index (χ0v) is 21.7. The molecule has 0 unspecified atom stereocenters. The lowest BCUT2D eigenvalue weighted by Gasteiger charge is -2.09. The molecule has 2 atom stereocenters. The molecule has 0 spiro atoms. The molecule has 1 aliphatic carbocycles. The molecule has 6 nitrogen and oxygen atoms in total. The van der Waals surface area contributed by atoms with E-state index >= 15 is 0 Å². The third-order valence-electron chi connectivity index (χ3n) is 5.73. The number of imidazole rings is 1. The second-order valence-electron chi connectivity index (χ2n) is 8.22. The summed E-state index contributed by atoms with van der Waals surface area (Å²) in [4.78, 5) is 32.9. The summed E-state index contributed by atoms with van der Waals surface area (Å²) in [7, 11) is 0. The number of hydrogen-bond donors (Lipinski definition) is 3. The van der Waals surface area contributed by atoms with Gasteiger partial charge in [0.2, 0.25) is 11.9 Å². The van der Waals surface area contributed by atoms with E-state index in [2.05, 4.69) is 20.6 Å². The van der Waals surface area contributed by atoms with Crippen LogP contribution in [0.1, 0.15) is 21.8 Å². The van der Waals surface area contributed by atoms with E-state index in [1.807, 2.05) is 0 Å². The molecule has 5 rings (SSSR count). The molecule has 3 N–H and O–H groups in total. The summed E-state index contributed by atoms with van der Waals surface area (Å²) in [6.45, 7) is 0. The first kappa shape index (κ1) is 25.1. The molecule has 1 aromatic heterocycles. The molecule has 12 heteroatoms. The molecule has 1 heterocycles. The Balaban J connectivity index is 1.33. The zero-order chi connectivity index (χ0) is 25.8. The van der Waals surface area contributed by atoms with Crippen molar-refractivity contribution in [3.8, 4) is 0 Å². The molecule has 184 valence electrons. The van der Waals surface area contributed by atoms with Gasteiger partial charge < -0.3 is 10.3 Å². The number of hydrogen-bond acceptors (Lipinski definition) is 3. The van der Waals surface area contributed by atoms with Crippen LogP contribution in [0.2, 0.25) is 15.1 Å². The number of anilines is 2. The lowest BCUT2D eigenvalue weighted by atomic mass is 10.1. The second kappa shape index (κ2) is 9.39. The molecule has 4 aromatic rings. The normalized spacial score (nSPS) is 18.2. The number of nitrogens with one attached hydrogen (secondary N) is 3. The first-order chi connectivity index (χ1) is 17.0. The number of carbonyl (C=O) groups is 2. The van der Waals surface area contributed by atoms with E-state index in [1.54, 1.807) is 24.3 Å². The predicted octanol–water partition coefficient (Wildman–Crippen LogP) is 7.44. The van der Waals surface area contributed by atoms with Gasteiger partial charge in [-0.1, -0.05) is 34.8 Å². The Morgan fingerprint density at radius 2 is 1.67 bits per heavy atom. The van der Waals surface area contributed by atoms with Crippen LogP contribution in [0.4, 0.5) is 16.0 Å². The third kappa shape index (κ3) is 4.86. The van der Waals surface area contributed by atoms with E-state index in [4.69, 9.17) is 58.0 Å². The Bertz CT molecular complexity index is 1520. The highest BCUT2D eigenvalue weighted by atomic mass is 35.5. The van der Waals surface area contributed by atoms with Gasteiger partial charge in [-0.05, 0) is 60.2 Å². The minimum absolute atomic E-state index is 0.0816. The number of carbonyl (C=O) groups excluding carboxylic acids is 2. The van der Waals surface area contributed by atoms with Gasteiger partial charge in [-0.2, -0.15) is 0 Å². The van der Waals surface area contributed by atoms with E-state index in [0.717, 1.165) is 0 Å². The largest absolute Gasteiger partial charge is 0.326 e. The molecule has 3 aromatic carbocycles. The minimum atomic E-state index is -1.36. The summed E-state index contributed by atoms with van der Waals surface area (Å²) < 4.78 is 12.1. The molecule has 0 bridgehead atoms. The van der Waals surface area contributed by atoms with Gasteiger partial charge in [-0.25, -0.2) is 9.37 Å². The van der Waals surface area contributed by atoms with Crippen LogP contribution in [0.25, 0.3) is 11.0 Å². The van der Waals surface area contributed by atoms with Crippen molar-refractivity contribution in [3.05, 3.63) is 86.6 Å². The van der Waals surface area contributed by atoms with Crippen molar-refractivity contribution >= 4 is 92.5 Å². The Morgan fingerprint density at radius 1 is 0.944 bits per heavy atom. The molecular formula is C24H14Cl5FN4O2. The fourth-order valence-electron chi connectivity index (χ4n) is 4.04. The van der Waals surface area contributed by atoms with E-state index in [1.165, 1.54) is 30.3 Å². The lowest BCUT2D eigenvalue weighted by Crippen LogP contribution is -2.18. The molecule has 1 aliphatic rings. The van der Waals surface area contributed by atoms with Crippen molar-refractivity contribution in [1.29, 1.82) is 0 Å². The van der Waals surface area contributed by atoms with Gasteiger partial charge >= 0.3 is 0 Å². The topological polar surface area (TPSA) is 86.9 Å². The highest BCUT2D eigenvalue weighted by molar-refractivity contribution is 6.53. The average molecular weight is 587 g/mol. The number of nitrogens with zero attached hydrogens (tertiary/aromatic N) is 1. The van der Waals surface area contributed by atoms with E-state index in [0.29, 0.717) is 32.3 Å². The van der Waals surface area contributed by atoms with Crippen LogP contribution in [0.5, 0.6) is 0 Å². The van der Waals surface area contributed by atoms with Crippen molar-refractivity contribution in [2.75, 3.05) is 10.6 Å². The maximum absolute atomic E-state index is 13.4.